The minimum Gasteiger partial charge on any atom is -0.386 e. The average molecular weight is 404 g/mol. The highest BCUT2D eigenvalue weighted by atomic mass is 16.1. The van der Waals surface area contributed by atoms with Crippen LogP contribution >= 0.6 is 0 Å². The molecule has 2 aromatic rings. The molecule has 1 unspecified atom stereocenters. The maximum Gasteiger partial charge on any atom is 0.139 e. The second-order valence-electron chi connectivity index (χ2n) is 7.18. The van der Waals surface area contributed by atoms with E-state index in [1.54, 1.807) is 6.20 Å². The molecule has 1 atom stereocenters. The van der Waals surface area contributed by atoms with Crippen LogP contribution < -0.4 is 10.6 Å². The van der Waals surface area contributed by atoms with E-state index in [0.717, 1.165) is 48.9 Å². The number of aldehydes is 1. The average Bonchev–Trinajstić information content (AvgIpc) is 2.94. The zero-order valence-corrected chi connectivity index (χ0v) is 17.3. The van der Waals surface area contributed by atoms with E-state index in [4.69, 9.17) is 0 Å². The topological polar surface area (TPSA) is 82.2 Å². The van der Waals surface area contributed by atoms with Gasteiger partial charge in [0.15, 0.2) is 0 Å². The van der Waals surface area contributed by atoms with Gasteiger partial charge in [-0.15, -0.1) is 0 Å². The van der Waals surface area contributed by atoms with Gasteiger partial charge in [0.2, 0.25) is 0 Å². The number of carbonyl (C=O) groups is 1. The van der Waals surface area contributed by atoms with Crippen molar-refractivity contribution < 1.29 is 4.79 Å². The van der Waals surface area contributed by atoms with Crippen LogP contribution in [-0.4, -0.2) is 42.6 Å². The van der Waals surface area contributed by atoms with Gasteiger partial charge < -0.3 is 20.4 Å². The third kappa shape index (κ3) is 6.39. The molecular weight excluding hydrogens is 374 g/mol. The summed E-state index contributed by atoms with van der Waals surface area (Å²) in [5.41, 5.74) is 3.25. The van der Waals surface area contributed by atoms with Crippen LogP contribution in [0.25, 0.3) is 11.0 Å². The molecule has 6 nitrogen and oxygen atoms in total. The Labute approximate surface area is 177 Å². The molecule has 1 saturated heterocycles. The van der Waals surface area contributed by atoms with Crippen LogP contribution in [0.3, 0.4) is 0 Å². The zero-order chi connectivity index (χ0) is 21.0. The van der Waals surface area contributed by atoms with Gasteiger partial charge in [-0.05, 0) is 49.7 Å². The number of pyridine rings is 1. The quantitative estimate of drug-likeness (QED) is 0.661. The lowest BCUT2D eigenvalue weighted by molar-refractivity contribution is -0.111. The molecule has 0 aromatic carbocycles. The number of rotatable bonds is 2. The third-order valence-corrected chi connectivity index (χ3v) is 5.03. The van der Waals surface area contributed by atoms with Gasteiger partial charge in [-0.3, -0.25) is 4.99 Å². The number of hydrogen-bond donors (Lipinski definition) is 3. The summed E-state index contributed by atoms with van der Waals surface area (Å²) in [5.74, 6) is 0.714. The van der Waals surface area contributed by atoms with E-state index < -0.39 is 0 Å². The predicted molar refractivity (Wildman–Crippen MR) is 125 cm³/mol. The molecule has 2 bridgehead atoms. The van der Waals surface area contributed by atoms with Crippen molar-refractivity contribution >= 4 is 29.2 Å². The van der Waals surface area contributed by atoms with Crippen molar-refractivity contribution in [3.05, 3.63) is 72.8 Å². The maximum atomic E-state index is 10.1. The zero-order valence-electron chi connectivity index (χ0n) is 17.3. The molecule has 3 N–H and O–H groups in total. The first-order chi connectivity index (χ1) is 14.8. The molecular formula is C24H29N5O. The summed E-state index contributed by atoms with van der Waals surface area (Å²) in [7, 11) is 1.90. The summed E-state index contributed by atoms with van der Waals surface area (Å²) in [6.45, 7) is 2.03. The highest BCUT2D eigenvalue weighted by Crippen LogP contribution is 2.19. The summed E-state index contributed by atoms with van der Waals surface area (Å²) >= 11 is 0. The van der Waals surface area contributed by atoms with Crippen LogP contribution in [0.1, 0.15) is 12.8 Å². The van der Waals surface area contributed by atoms with Gasteiger partial charge >= 0.3 is 0 Å². The van der Waals surface area contributed by atoms with Gasteiger partial charge in [-0.2, -0.15) is 0 Å². The number of H-pyrrole nitrogens is 1. The fraction of sp³-hybridized carbons (Fsp3) is 0.292. The largest absolute Gasteiger partial charge is 0.386 e. The number of aromatic amines is 1. The van der Waals surface area contributed by atoms with Crippen molar-refractivity contribution in [1.29, 1.82) is 0 Å². The van der Waals surface area contributed by atoms with Crippen LogP contribution in [-0.2, 0) is 4.79 Å². The van der Waals surface area contributed by atoms with Gasteiger partial charge in [-0.25, -0.2) is 4.98 Å². The van der Waals surface area contributed by atoms with Gasteiger partial charge in [0.1, 0.15) is 11.9 Å². The van der Waals surface area contributed by atoms with Crippen LogP contribution in [0.4, 0.5) is 5.69 Å². The Morgan fingerprint density at radius 2 is 2.07 bits per heavy atom. The second kappa shape index (κ2) is 11.7. The Morgan fingerprint density at radius 3 is 2.83 bits per heavy atom. The summed E-state index contributed by atoms with van der Waals surface area (Å²) in [4.78, 5) is 21.5. The van der Waals surface area contributed by atoms with E-state index >= 15 is 0 Å². The van der Waals surface area contributed by atoms with E-state index in [9.17, 15) is 4.79 Å². The first-order valence-electron chi connectivity index (χ1n) is 10.3. The number of carbonyl (C=O) groups excluding carboxylic acids is 1. The van der Waals surface area contributed by atoms with E-state index in [0.29, 0.717) is 11.8 Å². The molecule has 0 spiro atoms. The number of piperidine rings is 1. The summed E-state index contributed by atoms with van der Waals surface area (Å²) in [6.07, 6.45) is 23.1. The van der Waals surface area contributed by atoms with Crippen molar-refractivity contribution in [2.45, 2.75) is 12.8 Å². The Kier molecular flexibility index (Phi) is 8.35. The molecule has 6 heteroatoms. The molecule has 2 aliphatic heterocycles. The summed E-state index contributed by atoms with van der Waals surface area (Å²) in [5, 5.41) is 7.40. The number of nitrogens with zero attached hydrogens (tertiary/aromatic N) is 2. The standard InChI is InChI=1S/C10H9N.C8H9N3.C6H11NO/c1-2-4-10-7-9(3-1)5-6-11-8-10;1-9-7-5-11-8-6(7)3-2-4-10-8;8-5-6-1-3-7-4-2-6/h1-8,10H;2-5,9H,1H3,(H,10,11);5-7H,1-4H2. The summed E-state index contributed by atoms with van der Waals surface area (Å²) in [6, 6.07) is 3.96. The van der Waals surface area contributed by atoms with Gasteiger partial charge in [0, 0.05) is 49.1 Å². The number of aromatic nitrogens is 2. The number of nitrogens with one attached hydrogen (secondary N) is 3. The molecule has 4 heterocycles. The predicted octanol–water partition coefficient (Wildman–Crippen LogP) is 4.04. The number of allylic oxidation sites excluding steroid dienone is 7. The highest BCUT2D eigenvalue weighted by Gasteiger charge is 2.10. The van der Waals surface area contributed by atoms with E-state index in [2.05, 4.69) is 56.0 Å². The minimum atomic E-state index is 0.344. The van der Waals surface area contributed by atoms with Crippen LogP contribution in [0, 0.1) is 11.8 Å². The van der Waals surface area contributed by atoms with E-state index in [-0.39, 0.29) is 0 Å². The normalized spacial score (nSPS) is 19.5. The maximum absolute atomic E-state index is 10.1. The Hall–Kier alpha value is -3.25. The molecule has 3 aliphatic rings. The van der Waals surface area contributed by atoms with Crippen molar-refractivity contribution in [1.82, 2.24) is 15.3 Å². The molecule has 156 valence electrons. The lowest BCUT2D eigenvalue weighted by atomic mass is 10.0. The Bertz CT molecular complexity index is 935. The Balaban J connectivity index is 0.000000130. The molecule has 1 fully saturated rings. The smallest absolute Gasteiger partial charge is 0.139 e. The van der Waals surface area contributed by atoms with Gasteiger partial charge in [0.05, 0.1) is 5.69 Å². The van der Waals surface area contributed by atoms with Crippen molar-refractivity contribution in [2.24, 2.45) is 16.8 Å². The number of fused-ring (bicyclic) bond motifs is 2. The Morgan fingerprint density at radius 1 is 1.20 bits per heavy atom. The fourth-order valence-corrected chi connectivity index (χ4v) is 3.32. The van der Waals surface area contributed by atoms with Crippen molar-refractivity contribution in [3.8, 4) is 0 Å². The van der Waals surface area contributed by atoms with Crippen LogP contribution in [0.15, 0.2) is 77.7 Å². The van der Waals surface area contributed by atoms with E-state index in [1.165, 1.54) is 5.57 Å². The molecule has 0 saturated carbocycles. The number of hydrogen-bond acceptors (Lipinski definition) is 5. The second-order valence-corrected chi connectivity index (χ2v) is 7.18. The molecule has 0 radical (unpaired) electrons. The monoisotopic (exact) mass is 403 g/mol. The minimum absolute atomic E-state index is 0.344. The number of aliphatic imine (C=N–C) groups is 1. The summed E-state index contributed by atoms with van der Waals surface area (Å²) < 4.78 is 0. The number of anilines is 1. The van der Waals surface area contributed by atoms with Crippen molar-refractivity contribution in [3.63, 3.8) is 0 Å². The lowest BCUT2D eigenvalue weighted by Crippen LogP contribution is -2.28. The lowest BCUT2D eigenvalue weighted by Gasteiger charge is -2.16. The van der Waals surface area contributed by atoms with Gasteiger partial charge in [-0.1, -0.05) is 30.4 Å². The van der Waals surface area contributed by atoms with Gasteiger partial charge in [0.25, 0.3) is 0 Å². The van der Waals surface area contributed by atoms with Crippen LogP contribution in [0.5, 0.6) is 0 Å². The highest BCUT2D eigenvalue weighted by molar-refractivity contribution is 5.89. The van der Waals surface area contributed by atoms with Crippen molar-refractivity contribution in [2.75, 3.05) is 25.5 Å². The molecule has 5 rings (SSSR count). The van der Waals surface area contributed by atoms with Crippen LogP contribution in [0.2, 0.25) is 0 Å². The molecule has 0 amide bonds. The molecule has 1 aliphatic carbocycles. The first kappa shape index (κ1) is 21.5. The molecule has 30 heavy (non-hydrogen) atoms. The molecule has 2 aromatic heterocycles. The first-order valence-corrected chi connectivity index (χ1v) is 10.3. The fourth-order valence-electron chi connectivity index (χ4n) is 3.32. The third-order valence-electron chi connectivity index (χ3n) is 5.03. The van der Waals surface area contributed by atoms with E-state index in [1.807, 2.05) is 43.9 Å². The SMILES string of the molecule is C1=CC2=CC(C=C1)C=NC=C2.CNc1c[nH]c2ncccc12.O=CC1CCNCC1.